The third-order valence-corrected chi connectivity index (χ3v) is 5.98. The van der Waals surface area contributed by atoms with Gasteiger partial charge in [-0.25, -0.2) is 0 Å². The lowest BCUT2D eigenvalue weighted by atomic mass is 9.80. The number of piperazine rings is 1. The summed E-state index contributed by atoms with van der Waals surface area (Å²) in [5, 5.41) is 3.41. The number of methoxy groups -OCH3 is 1. The number of carbonyl (C=O) groups excluding carboxylic acids is 2. The number of likely N-dealkylation sites (N-methyl/N-ethyl adjacent to an activating group) is 1. The van der Waals surface area contributed by atoms with Crippen LogP contribution in [0.15, 0.2) is 18.2 Å². The number of carbonyl (C=O) groups is 2. The number of nitrogens with zero attached hydrogens (tertiary/aromatic N) is 2. The maximum atomic E-state index is 12.7. The van der Waals surface area contributed by atoms with Crippen LogP contribution in [-0.4, -0.2) is 62.0 Å². The number of benzene rings is 1. The van der Waals surface area contributed by atoms with Gasteiger partial charge in [-0.1, -0.05) is 11.6 Å². The predicted molar refractivity (Wildman–Crippen MR) is 106 cm³/mol. The molecule has 3 rings (SSSR count). The van der Waals surface area contributed by atoms with E-state index < -0.39 is 0 Å². The second-order valence-electron chi connectivity index (χ2n) is 7.52. The van der Waals surface area contributed by atoms with E-state index in [9.17, 15) is 9.59 Å². The van der Waals surface area contributed by atoms with Crippen LogP contribution in [0.2, 0.25) is 5.02 Å². The van der Waals surface area contributed by atoms with Crippen LogP contribution in [0.1, 0.15) is 25.7 Å². The largest absolute Gasteiger partial charge is 0.495 e. The maximum Gasteiger partial charge on any atom is 0.227 e. The van der Waals surface area contributed by atoms with E-state index in [2.05, 4.69) is 17.3 Å². The van der Waals surface area contributed by atoms with Crippen molar-refractivity contribution >= 4 is 29.1 Å². The molecule has 1 aliphatic heterocycles. The first kappa shape index (κ1) is 20.0. The lowest BCUT2D eigenvalue weighted by Gasteiger charge is -2.36. The molecule has 1 aromatic rings. The molecule has 27 heavy (non-hydrogen) atoms. The molecule has 1 N–H and O–H groups in total. The molecule has 1 aromatic carbocycles. The summed E-state index contributed by atoms with van der Waals surface area (Å²) in [6.45, 7) is 3.50. The van der Waals surface area contributed by atoms with Crippen LogP contribution in [-0.2, 0) is 9.59 Å². The molecule has 0 unspecified atom stereocenters. The summed E-state index contributed by atoms with van der Waals surface area (Å²) in [5.74, 6) is 0.860. The first-order valence-corrected chi connectivity index (χ1v) is 9.97. The van der Waals surface area contributed by atoms with Crippen molar-refractivity contribution in [3.63, 3.8) is 0 Å². The predicted octanol–water partition coefficient (Wildman–Crippen LogP) is 2.87. The van der Waals surface area contributed by atoms with E-state index in [-0.39, 0.29) is 23.7 Å². The summed E-state index contributed by atoms with van der Waals surface area (Å²) in [7, 11) is 3.64. The molecule has 1 aliphatic carbocycles. The summed E-state index contributed by atoms with van der Waals surface area (Å²) in [6.07, 6.45) is 3.07. The van der Waals surface area contributed by atoms with Crippen molar-refractivity contribution in [3.8, 4) is 5.75 Å². The molecule has 2 aliphatic rings. The second kappa shape index (κ2) is 8.93. The van der Waals surface area contributed by atoms with Gasteiger partial charge in [0.05, 0.1) is 12.1 Å². The van der Waals surface area contributed by atoms with Crippen LogP contribution in [0, 0.1) is 11.8 Å². The Hall–Kier alpha value is -1.79. The van der Waals surface area contributed by atoms with E-state index in [1.54, 1.807) is 25.3 Å². The molecule has 1 saturated heterocycles. The normalized spacial score (nSPS) is 23.7. The molecule has 1 saturated carbocycles. The number of amides is 2. The van der Waals surface area contributed by atoms with Gasteiger partial charge in [0.15, 0.2) is 0 Å². The minimum Gasteiger partial charge on any atom is -0.495 e. The smallest absolute Gasteiger partial charge is 0.227 e. The van der Waals surface area contributed by atoms with Gasteiger partial charge in [-0.05, 0) is 50.9 Å². The van der Waals surface area contributed by atoms with Gasteiger partial charge in [0.1, 0.15) is 5.75 Å². The lowest BCUT2D eigenvalue weighted by Crippen LogP contribution is -2.49. The second-order valence-corrected chi connectivity index (χ2v) is 7.92. The fourth-order valence-electron chi connectivity index (χ4n) is 3.88. The lowest BCUT2D eigenvalue weighted by molar-refractivity contribution is -0.139. The van der Waals surface area contributed by atoms with Crippen LogP contribution in [0.5, 0.6) is 5.75 Å². The zero-order chi connectivity index (χ0) is 19.4. The van der Waals surface area contributed by atoms with Crippen LogP contribution in [0.3, 0.4) is 0 Å². The minimum atomic E-state index is -0.0533. The third-order valence-electron chi connectivity index (χ3n) is 5.68. The Morgan fingerprint density at radius 2 is 1.70 bits per heavy atom. The van der Waals surface area contributed by atoms with E-state index in [0.717, 1.165) is 51.9 Å². The number of ether oxygens (including phenoxy) is 1. The van der Waals surface area contributed by atoms with Gasteiger partial charge in [-0.3, -0.25) is 9.59 Å². The zero-order valence-electron chi connectivity index (χ0n) is 16.0. The standard InChI is InChI=1S/C20H28ClN3O3/c1-23-9-11-24(12-10-23)20(26)15-5-3-14(4-6-15)19(25)22-16-7-8-18(27-2)17(21)13-16/h7-8,13-15H,3-6,9-12H2,1-2H3,(H,22,25). The van der Waals surface area contributed by atoms with Crippen LogP contribution in [0.25, 0.3) is 0 Å². The van der Waals surface area contributed by atoms with Gasteiger partial charge >= 0.3 is 0 Å². The van der Waals surface area contributed by atoms with Crippen molar-refractivity contribution < 1.29 is 14.3 Å². The Morgan fingerprint density at radius 3 is 2.30 bits per heavy atom. The van der Waals surface area contributed by atoms with Gasteiger partial charge in [0, 0.05) is 43.7 Å². The monoisotopic (exact) mass is 393 g/mol. The van der Waals surface area contributed by atoms with E-state index >= 15 is 0 Å². The Bertz CT molecular complexity index is 681. The topological polar surface area (TPSA) is 61.9 Å². The Kier molecular flexibility index (Phi) is 6.60. The van der Waals surface area contributed by atoms with Gasteiger partial charge in [0.25, 0.3) is 0 Å². The Morgan fingerprint density at radius 1 is 1.07 bits per heavy atom. The molecule has 6 nitrogen and oxygen atoms in total. The van der Waals surface area contributed by atoms with Crippen LogP contribution >= 0.6 is 11.6 Å². The fourth-order valence-corrected chi connectivity index (χ4v) is 4.13. The van der Waals surface area contributed by atoms with Crippen LogP contribution in [0.4, 0.5) is 5.69 Å². The molecule has 7 heteroatoms. The van der Waals surface area contributed by atoms with Crippen molar-refractivity contribution in [2.75, 3.05) is 45.7 Å². The molecule has 0 atom stereocenters. The van der Waals surface area contributed by atoms with E-state index in [1.165, 1.54) is 0 Å². The highest BCUT2D eigenvalue weighted by atomic mass is 35.5. The van der Waals surface area contributed by atoms with Gasteiger partial charge in [-0.2, -0.15) is 0 Å². The van der Waals surface area contributed by atoms with Gasteiger partial charge in [0.2, 0.25) is 11.8 Å². The van der Waals surface area contributed by atoms with E-state index in [1.807, 2.05) is 4.90 Å². The molecule has 0 aromatic heterocycles. The number of hydrogen-bond acceptors (Lipinski definition) is 4. The van der Waals surface area contributed by atoms with Crippen molar-refractivity contribution in [1.29, 1.82) is 0 Å². The summed E-state index contributed by atoms with van der Waals surface area (Å²) >= 11 is 6.11. The average Bonchev–Trinajstić information content (AvgIpc) is 2.68. The Balaban J connectivity index is 1.49. The SMILES string of the molecule is COc1ccc(NC(=O)C2CCC(C(=O)N3CCN(C)CC3)CC2)cc1Cl. The molecule has 148 valence electrons. The number of rotatable bonds is 4. The number of nitrogens with one attached hydrogen (secondary N) is 1. The summed E-state index contributed by atoms with van der Waals surface area (Å²) in [5.41, 5.74) is 0.668. The fraction of sp³-hybridized carbons (Fsp3) is 0.600. The first-order chi connectivity index (χ1) is 13.0. The molecule has 1 heterocycles. The maximum absolute atomic E-state index is 12.7. The molecule has 2 fully saturated rings. The Labute approximate surface area is 165 Å². The highest BCUT2D eigenvalue weighted by molar-refractivity contribution is 6.32. The third kappa shape index (κ3) is 4.93. The van der Waals surface area contributed by atoms with Gasteiger partial charge < -0.3 is 19.9 Å². The van der Waals surface area contributed by atoms with Crippen molar-refractivity contribution in [2.45, 2.75) is 25.7 Å². The van der Waals surface area contributed by atoms with Gasteiger partial charge in [-0.15, -0.1) is 0 Å². The molecular formula is C20H28ClN3O3. The highest BCUT2D eigenvalue weighted by Gasteiger charge is 2.33. The highest BCUT2D eigenvalue weighted by Crippen LogP contribution is 2.32. The number of anilines is 1. The van der Waals surface area contributed by atoms with Crippen LogP contribution < -0.4 is 10.1 Å². The van der Waals surface area contributed by atoms with Crippen molar-refractivity contribution in [3.05, 3.63) is 23.2 Å². The van der Waals surface area contributed by atoms with E-state index in [0.29, 0.717) is 16.5 Å². The summed E-state index contributed by atoms with van der Waals surface area (Å²) in [4.78, 5) is 29.5. The summed E-state index contributed by atoms with van der Waals surface area (Å²) < 4.78 is 5.13. The molecule has 0 bridgehead atoms. The molecule has 2 amide bonds. The minimum absolute atomic E-state index is 0.00160. The quantitative estimate of drug-likeness (QED) is 0.854. The zero-order valence-corrected chi connectivity index (χ0v) is 16.8. The van der Waals surface area contributed by atoms with Crippen molar-refractivity contribution in [1.82, 2.24) is 9.80 Å². The molecule has 0 radical (unpaired) electrons. The molecular weight excluding hydrogens is 366 g/mol. The van der Waals surface area contributed by atoms with E-state index in [4.69, 9.17) is 16.3 Å². The molecule has 0 spiro atoms. The average molecular weight is 394 g/mol. The number of hydrogen-bond donors (Lipinski definition) is 1. The number of halogens is 1. The first-order valence-electron chi connectivity index (χ1n) is 9.59. The summed E-state index contributed by atoms with van der Waals surface area (Å²) in [6, 6.07) is 5.22. The van der Waals surface area contributed by atoms with Crippen molar-refractivity contribution in [2.24, 2.45) is 11.8 Å².